The van der Waals surface area contributed by atoms with Gasteiger partial charge < -0.3 is 20.9 Å². The van der Waals surface area contributed by atoms with Crippen LogP contribution in [0.15, 0.2) is 48.5 Å². The molecule has 0 aliphatic heterocycles. The Morgan fingerprint density at radius 3 is 2.75 bits per heavy atom. The molecule has 0 heterocycles. The van der Waals surface area contributed by atoms with Crippen molar-refractivity contribution in [3.05, 3.63) is 54.1 Å². The average Bonchev–Trinajstić information content (AvgIpc) is 2.45. The number of amides is 1. The van der Waals surface area contributed by atoms with Gasteiger partial charge in [-0.1, -0.05) is 18.2 Å². The summed E-state index contributed by atoms with van der Waals surface area (Å²) in [4.78, 5) is 11.7. The number of nitrogen functional groups attached to an aromatic ring is 1. The van der Waals surface area contributed by atoms with E-state index < -0.39 is 0 Å². The zero-order valence-corrected chi connectivity index (χ0v) is 10.9. The van der Waals surface area contributed by atoms with Crippen molar-refractivity contribution >= 4 is 17.3 Å². The topological polar surface area (TPSA) is 84.6 Å². The summed E-state index contributed by atoms with van der Waals surface area (Å²) in [5.41, 5.74) is 7.57. The second kappa shape index (κ2) is 6.58. The van der Waals surface area contributed by atoms with Gasteiger partial charge in [0.15, 0.2) is 6.61 Å². The predicted octanol–water partition coefficient (Wildman–Crippen LogP) is 1.78. The second-order valence-corrected chi connectivity index (χ2v) is 4.27. The molecular weight excluding hydrogens is 256 g/mol. The van der Waals surface area contributed by atoms with E-state index in [1.165, 1.54) is 0 Å². The van der Waals surface area contributed by atoms with Crippen LogP contribution in [0.1, 0.15) is 5.56 Å². The number of aliphatic hydroxyl groups excluding tert-OH is 1. The number of nitrogens with two attached hydrogens (primary N) is 1. The SMILES string of the molecule is Nc1cccc(NC(=O)COc2cccc(CO)c2)c1. The number of benzene rings is 2. The Hall–Kier alpha value is -2.53. The van der Waals surface area contributed by atoms with Gasteiger partial charge in [-0.15, -0.1) is 0 Å². The Balaban J connectivity index is 1.88. The first-order valence-electron chi connectivity index (χ1n) is 6.15. The van der Waals surface area contributed by atoms with Crippen LogP contribution < -0.4 is 15.8 Å². The zero-order chi connectivity index (χ0) is 14.4. The highest BCUT2D eigenvalue weighted by atomic mass is 16.5. The number of aliphatic hydroxyl groups is 1. The lowest BCUT2D eigenvalue weighted by Crippen LogP contribution is -2.20. The summed E-state index contributed by atoms with van der Waals surface area (Å²) < 4.78 is 5.36. The molecule has 5 heteroatoms. The first kappa shape index (κ1) is 13.9. The molecule has 0 unspecified atom stereocenters. The second-order valence-electron chi connectivity index (χ2n) is 4.27. The van der Waals surface area contributed by atoms with Crippen molar-refractivity contribution in [2.24, 2.45) is 0 Å². The smallest absolute Gasteiger partial charge is 0.262 e. The fourth-order valence-electron chi connectivity index (χ4n) is 1.70. The molecule has 104 valence electrons. The van der Waals surface area contributed by atoms with E-state index in [4.69, 9.17) is 15.6 Å². The van der Waals surface area contributed by atoms with Gasteiger partial charge in [-0.3, -0.25) is 4.79 Å². The van der Waals surface area contributed by atoms with Crippen molar-refractivity contribution in [2.75, 3.05) is 17.7 Å². The van der Waals surface area contributed by atoms with E-state index in [2.05, 4.69) is 5.32 Å². The predicted molar refractivity (Wildman–Crippen MR) is 77.3 cm³/mol. The standard InChI is InChI=1S/C15H16N2O3/c16-12-4-2-5-13(8-12)17-15(19)10-20-14-6-1-3-11(7-14)9-18/h1-8,18H,9-10,16H2,(H,17,19). The number of hydrogen-bond acceptors (Lipinski definition) is 4. The molecule has 0 radical (unpaired) electrons. The minimum absolute atomic E-state index is 0.0628. The number of carbonyl (C=O) groups is 1. The minimum atomic E-state index is -0.273. The summed E-state index contributed by atoms with van der Waals surface area (Å²) >= 11 is 0. The van der Waals surface area contributed by atoms with E-state index >= 15 is 0 Å². The molecule has 2 aromatic rings. The zero-order valence-electron chi connectivity index (χ0n) is 10.9. The molecule has 2 aromatic carbocycles. The van der Waals surface area contributed by atoms with E-state index in [1.54, 1.807) is 48.5 Å². The maximum atomic E-state index is 11.7. The van der Waals surface area contributed by atoms with Gasteiger partial charge in [-0.2, -0.15) is 0 Å². The molecular formula is C15H16N2O3. The number of rotatable bonds is 5. The molecule has 0 spiro atoms. The van der Waals surface area contributed by atoms with Gasteiger partial charge >= 0.3 is 0 Å². The van der Waals surface area contributed by atoms with Crippen LogP contribution in [0, 0.1) is 0 Å². The van der Waals surface area contributed by atoms with Crippen molar-refractivity contribution in [1.29, 1.82) is 0 Å². The van der Waals surface area contributed by atoms with Crippen molar-refractivity contribution in [2.45, 2.75) is 6.61 Å². The average molecular weight is 272 g/mol. The number of carbonyl (C=O) groups excluding carboxylic acids is 1. The molecule has 5 nitrogen and oxygen atoms in total. The van der Waals surface area contributed by atoms with Gasteiger partial charge in [0.2, 0.25) is 0 Å². The van der Waals surface area contributed by atoms with Crippen LogP contribution in [0.25, 0.3) is 0 Å². The number of ether oxygens (including phenoxy) is 1. The number of nitrogens with one attached hydrogen (secondary N) is 1. The largest absolute Gasteiger partial charge is 0.484 e. The van der Waals surface area contributed by atoms with Crippen molar-refractivity contribution in [1.82, 2.24) is 0 Å². The van der Waals surface area contributed by atoms with Crippen molar-refractivity contribution < 1.29 is 14.6 Å². The van der Waals surface area contributed by atoms with Crippen LogP contribution in [0.2, 0.25) is 0 Å². The molecule has 0 bridgehead atoms. The molecule has 0 fully saturated rings. The van der Waals surface area contributed by atoms with E-state index in [-0.39, 0.29) is 19.1 Å². The Labute approximate surface area is 117 Å². The van der Waals surface area contributed by atoms with Gasteiger partial charge in [0, 0.05) is 11.4 Å². The first-order chi connectivity index (χ1) is 9.67. The van der Waals surface area contributed by atoms with Gasteiger partial charge in [0.1, 0.15) is 5.75 Å². The Bertz CT molecular complexity index is 599. The molecule has 0 saturated heterocycles. The number of anilines is 2. The highest BCUT2D eigenvalue weighted by molar-refractivity contribution is 5.92. The molecule has 0 saturated carbocycles. The van der Waals surface area contributed by atoms with Gasteiger partial charge in [0.25, 0.3) is 5.91 Å². The summed E-state index contributed by atoms with van der Waals surface area (Å²) in [5, 5.41) is 11.7. The third kappa shape index (κ3) is 4.00. The Morgan fingerprint density at radius 1 is 1.20 bits per heavy atom. The highest BCUT2D eigenvalue weighted by Crippen LogP contribution is 2.14. The molecule has 0 aliphatic rings. The maximum Gasteiger partial charge on any atom is 0.262 e. The van der Waals surface area contributed by atoms with E-state index in [0.717, 1.165) is 5.56 Å². The lowest BCUT2D eigenvalue weighted by atomic mass is 10.2. The van der Waals surface area contributed by atoms with Crippen LogP contribution in [0.3, 0.4) is 0 Å². The van der Waals surface area contributed by atoms with Gasteiger partial charge in [-0.25, -0.2) is 0 Å². The van der Waals surface area contributed by atoms with Crippen molar-refractivity contribution in [3.8, 4) is 5.75 Å². The van der Waals surface area contributed by atoms with Crippen LogP contribution in [0.4, 0.5) is 11.4 Å². The molecule has 4 N–H and O–H groups in total. The first-order valence-corrected chi connectivity index (χ1v) is 6.15. The van der Waals surface area contributed by atoms with Crippen LogP contribution in [0.5, 0.6) is 5.75 Å². The summed E-state index contributed by atoms with van der Waals surface area (Å²) in [6.07, 6.45) is 0. The van der Waals surface area contributed by atoms with Crippen molar-refractivity contribution in [3.63, 3.8) is 0 Å². The molecule has 0 atom stereocenters. The molecule has 20 heavy (non-hydrogen) atoms. The number of hydrogen-bond donors (Lipinski definition) is 3. The summed E-state index contributed by atoms with van der Waals surface area (Å²) in [6.45, 7) is -0.170. The molecule has 2 rings (SSSR count). The van der Waals surface area contributed by atoms with E-state index in [1.807, 2.05) is 0 Å². The van der Waals surface area contributed by atoms with E-state index in [0.29, 0.717) is 17.1 Å². The summed E-state index contributed by atoms with van der Waals surface area (Å²) in [6, 6.07) is 13.9. The molecule has 1 amide bonds. The van der Waals surface area contributed by atoms with Gasteiger partial charge in [-0.05, 0) is 35.9 Å². The van der Waals surface area contributed by atoms with Crippen LogP contribution in [-0.4, -0.2) is 17.6 Å². The third-order valence-corrected chi connectivity index (χ3v) is 2.62. The van der Waals surface area contributed by atoms with E-state index in [9.17, 15) is 4.79 Å². The Kier molecular flexibility index (Phi) is 4.57. The van der Waals surface area contributed by atoms with Crippen LogP contribution in [-0.2, 0) is 11.4 Å². The lowest BCUT2D eigenvalue weighted by Gasteiger charge is -2.08. The molecule has 0 aromatic heterocycles. The molecule has 0 aliphatic carbocycles. The van der Waals surface area contributed by atoms with Gasteiger partial charge in [0.05, 0.1) is 6.61 Å². The maximum absolute atomic E-state index is 11.7. The Morgan fingerprint density at radius 2 is 2.00 bits per heavy atom. The fraction of sp³-hybridized carbons (Fsp3) is 0.133. The van der Waals surface area contributed by atoms with Crippen LogP contribution >= 0.6 is 0 Å². The normalized spacial score (nSPS) is 10.1. The quantitative estimate of drug-likeness (QED) is 0.724. The lowest BCUT2D eigenvalue weighted by molar-refractivity contribution is -0.118. The third-order valence-electron chi connectivity index (χ3n) is 2.62. The summed E-state index contributed by atoms with van der Waals surface area (Å²) in [7, 11) is 0. The highest BCUT2D eigenvalue weighted by Gasteiger charge is 2.04. The minimum Gasteiger partial charge on any atom is -0.484 e. The summed E-state index contributed by atoms with van der Waals surface area (Å²) in [5.74, 6) is 0.268. The fourth-order valence-corrected chi connectivity index (χ4v) is 1.70. The monoisotopic (exact) mass is 272 g/mol.